The molecule has 126 valence electrons. The van der Waals surface area contributed by atoms with Gasteiger partial charge in [0.15, 0.2) is 0 Å². The van der Waals surface area contributed by atoms with Gasteiger partial charge in [-0.1, -0.05) is 0 Å². The van der Waals surface area contributed by atoms with E-state index in [4.69, 9.17) is 18.1 Å². The molecule has 0 saturated heterocycles. The minimum atomic E-state index is -2.39. The quantitative estimate of drug-likeness (QED) is 0.476. The van der Waals surface area contributed by atoms with E-state index in [2.05, 4.69) is 0 Å². The van der Waals surface area contributed by atoms with E-state index in [1.54, 1.807) is 13.8 Å². The summed E-state index contributed by atoms with van der Waals surface area (Å²) in [5.41, 5.74) is 1.05. The number of rotatable bonds is 13. The van der Waals surface area contributed by atoms with Crippen LogP contribution in [0.3, 0.4) is 0 Å². The topological polar surface area (TPSA) is 74.3 Å². The Labute approximate surface area is 128 Å². The molecule has 21 heavy (non-hydrogen) atoms. The van der Waals surface area contributed by atoms with Crippen molar-refractivity contribution in [1.29, 1.82) is 0 Å². The third-order valence-corrected chi connectivity index (χ3v) is 4.18. The minimum absolute atomic E-state index is 0.318. The molecule has 0 spiro atoms. The molecule has 0 heterocycles. The fourth-order valence-electron chi connectivity index (χ4n) is 1.47. The first-order chi connectivity index (χ1) is 9.99. The van der Waals surface area contributed by atoms with Crippen molar-refractivity contribution in [2.24, 2.45) is 0 Å². The van der Waals surface area contributed by atoms with Crippen molar-refractivity contribution >= 4 is 16.5 Å². The molecule has 0 N–H and O–H groups in total. The first-order valence-corrected chi connectivity index (χ1v) is 9.39. The molecule has 0 aromatic carbocycles. The SMILES string of the molecule is CCO[PH](=O)OCCC(=CN(C)C)CCO[PH](=O)OCC. The van der Waals surface area contributed by atoms with Crippen LogP contribution in [-0.2, 0) is 27.2 Å². The highest BCUT2D eigenvalue weighted by molar-refractivity contribution is 7.33. The molecule has 7 nitrogen and oxygen atoms in total. The minimum Gasteiger partial charge on any atom is -0.384 e. The summed E-state index contributed by atoms with van der Waals surface area (Å²) in [5, 5.41) is 0. The second-order valence-corrected chi connectivity index (χ2v) is 6.47. The third kappa shape index (κ3) is 13.2. The van der Waals surface area contributed by atoms with Gasteiger partial charge in [0.05, 0.1) is 26.4 Å². The summed E-state index contributed by atoms with van der Waals surface area (Å²) in [5.74, 6) is 0. The van der Waals surface area contributed by atoms with Gasteiger partial charge < -0.3 is 23.0 Å². The number of nitrogens with zero attached hydrogens (tertiary/aromatic N) is 1. The molecule has 0 fully saturated rings. The van der Waals surface area contributed by atoms with Crippen LogP contribution in [-0.4, -0.2) is 45.4 Å². The highest BCUT2D eigenvalue weighted by atomic mass is 31.1. The Morgan fingerprint density at radius 1 is 0.905 bits per heavy atom. The van der Waals surface area contributed by atoms with E-state index in [1.165, 1.54) is 0 Å². The lowest BCUT2D eigenvalue weighted by atomic mass is 10.1. The average Bonchev–Trinajstić information content (AvgIpc) is 2.38. The van der Waals surface area contributed by atoms with E-state index in [9.17, 15) is 9.13 Å². The molecule has 0 aromatic rings. The maximum Gasteiger partial charge on any atom is 0.319 e. The Morgan fingerprint density at radius 2 is 1.33 bits per heavy atom. The van der Waals surface area contributed by atoms with Crippen molar-refractivity contribution in [2.45, 2.75) is 26.7 Å². The third-order valence-electron chi connectivity index (χ3n) is 2.25. The molecule has 0 radical (unpaired) electrons. The van der Waals surface area contributed by atoms with Crippen molar-refractivity contribution in [3.63, 3.8) is 0 Å². The van der Waals surface area contributed by atoms with E-state index in [0.29, 0.717) is 39.3 Å². The van der Waals surface area contributed by atoms with Gasteiger partial charge in [0, 0.05) is 14.1 Å². The molecule has 0 saturated carbocycles. The summed E-state index contributed by atoms with van der Waals surface area (Å²) in [6.07, 6.45) is 3.17. The first-order valence-electron chi connectivity index (χ1n) is 6.94. The second kappa shape index (κ2) is 13.5. The Bertz CT molecular complexity index is 323. The molecule has 0 rings (SSSR count). The number of hydrogen-bond acceptors (Lipinski definition) is 7. The maximum atomic E-state index is 11.3. The molecule has 0 bridgehead atoms. The molecule has 2 atom stereocenters. The monoisotopic (exact) mass is 343 g/mol. The van der Waals surface area contributed by atoms with E-state index >= 15 is 0 Å². The smallest absolute Gasteiger partial charge is 0.319 e. The molecule has 0 amide bonds. The van der Waals surface area contributed by atoms with Crippen LogP contribution >= 0.6 is 16.5 Å². The summed E-state index contributed by atoms with van der Waals surface area (Å²) in [7, 11) is -0.963. The Morgan fingerprint density at radius 3 is 1.67 bits per heavy atom. The van der Waals surface area contributed by atoms with Gasteiger partial charge in [0.2, 0.25) is 0 Å². The molecule has 0 aromatic heterocycles. The van der Waals surface area contributed by atoms with Gasteiger partial charge in [0.25, 0.3) is 0 Å². The molecule has 9 heteroatoms. The Hall–Kier alpha value is -0.160. The summed E-state index contributed by atoms with van der Waals surface area (Å²) in [6, 6.07) is 0. The molecule has 0 aliphatic heterocycles. The van der Waals surface area contributed by atoms with Crippen LogP contribution in [0, 0.1) is 0 Å². The van der Waals surface area contributed by atoms with Crippen molar-refractivity contribution in [2.75, 3.05) is 40.5 Å². The van der Waals surface area contributed by atoms with Gasteiger partial charge in [-0.25, -0.2) is 0 Å². The van der Waals surface area contributed by atoms with Gasteiger partial charge in [-0.2, -0.15) is 0 Å². The predicted molar refractivity (Wildman–Crippen MR) is 84.2 cm³/mol. The lowest BCUT2D eigenvalue weighted by Crippen LogP contribution is -2.06. The van der Waals surface area contributed by atoms with Crippen LogP contribution in [0.5, 0.6) is 0 Å². The van der Waals surface area contributed by atoms with Crippen LogP contribution in [0.1, 0.15) is 26.7 Å². The van der Waals surface area contributed by atoms with Crippen molar-refractivity contribution in [1.82, 2.24) is 4.90 Å². The first kappa shape index (κ1) is 20.8. The fourth-order valence-corrected chi connectivity index (χ4v) is 2.64. The zero-order chi connectivity index (χ0) is 16.1. The van der Waals surface area contributed by atoms with E-state index in [1.807, 2.05) is 25.2 Å². The Balaban J connectivity index is 4.10. The zero-order valence-electron chi connectivity index (χ0n) is 13.2. The lowest BCUT2D eigenvalue weighted by Gasteiger charge is -2.12. The fraction of sp³-hybridized carbons (Fsp3) is 0.833. The van der Waals surface area contributed by atoms with Gasteiger partial charge in [-0.3, -0.25) is 9.13 Å². The van der Waals surface area contributed by atoms with Crippen LogP contribution in [0.25, 0.3) is 0 Å². The highest BCUT2D eigenvalue weighted by Crippen LogP contribution is 2.26. The predicted octanol–water partition coefficient (Wildman–Crippen LogP) is 3.10. The maximum absolute atomic E-state index is 11.3. The molecule has 0 aliphatic carbocycles. The molecule has 0 aliphatic rings. The van der Waals surface area contributed by atoms with E-state index in [0.717, 1.165) is 5.57 Å². The lowest BCUT2D eigenvalue weighted by molar-refractivity contribution is 0.228. The van der Waals surface area contributed by atoms with Crippen LogP contribution in [0.4, 0.5) is 0 Å². The van der Waals surface area contributed by atoms with Gasteiger partial charge in [-0.05, 0) is 38.5 Å². The van der Waals surface area contributed by atoms with Crippen molar-refractivity contribution in [3.8, 4) is 0 Å². The molecular weight excluding hydrogens is 316 g/mol. The summed E-state index contributed by atoms with van der Waals surface area (Å²) in [6.45, 7) is 4.91. The molecule has 2 unspecified atom stereocenters. The zero-order valence-corrected chi connectivity index (χ0v) is 15.2. The second-order valence-electron chi connectivity index (χ2n) is 4.31. The normalized spacial score (nSPS) is 13.7. The summed E-state index contributed by atoms with van der Waals surface area (Å²) in [4.78, 5) is 1.91. The Kier molecular flexibility index (Phi) is 13.4. The summed E-state index contributed by atoms with van der Waals surface area (Å²) < 4.78 is 42.4. The van der Waals surface area contributed by atoms with Crippen LogP contribution in [0.15, 0.2) is 11.8 Å². The molecular formula is C12H27NO6P2. The van der Waals surface area contributed by atoms with Gasteiger partial charge >= 0.3 is 16.5 Å². The van der Waals surface area contributed by atoms with E-state index < -0.39 is 16.5 Å². The van der Waals surface area contributed by atoms with Crippen molar-refractivity contribution in [3.05, 3.63) is 11.8 Å². The average molecular weight is 343 g/mol. The van der Waals surface area contributed by atoms with Gasteiger partial charge in [0.1, 0.15) is 0 Å². The largest absolute Gasteiger partial charge is 0.384 e. The summed E-state index contributed by atoms with van der Waals surface area (Å²) >= 11 is 0. The van der Waals surface area contributed by atoms with Crippen LogP contribution in [0.2, 0.25) is 0 Å². The highest BCUT2D eigenvalue weighted by Gasteiger charge is 2.04. The van der Waals surface area contributed by atoms with Gasteiger partial charge in [-0.15, -0.1) is 0 Å². The van der Waals surface area contributed by atoms with E-state index in [-0.39, 0.29) is 0 Å². The van der Waals surface area contributed by atoms with Crippen molar-refractivity contribution < 1.29 is 27.2 Å². The standard InChI is InChI=1S/C12H27NO6P2/c1-5-16-20(14)18-9-7-12(11-13(3)4)8-10-19-21(15)17-6-2/h11,20-21H,5-10H2,1-4H3. The van der Waals surface area contributed by atoms with Crippen LogP contribution < -0.4 is 0 Å². The number of hydrogen-bond donors (Lipinski definition) is 0.